The molecule has 0 aliphatic carbocycles. The van der Waals surface area contributed by atoms with Crippen molar-refractivity contribution in [2.45, 2.75) is 25.4 Å². The van der Waals surface area contributed by atoms with E-state index < -0.39 is 5.54 Å². The molecule has 1 N–H and O–H groups in total. The molecule has 0 unspecified atom stereocenters. The maximum atomic E-state index is 12.3. The molecule has 0 radical (unpaired) electrons. The predicted octanol–water partition coefficient (Wildman–Crippen LogP) is 0.911. The van der Waals surface area contributed by atoms with Crippen molar-refractivity contribution in [3.8, 4) is 0 Å². The molecule has 1 aromatic rings. The zero-order valence-corrected chi connectivity index (χ0v) is 10.7. The standard InChI is InChI=1S/C11H13N3O3S/c1-7-4-8(17-13-7)5-14-9(15)11(12-10(14)16)2-3-18-6-11/h4H,2-3,5-6H2,1H3,(H,12,16)/t11-/m1/s1. The Labute approximate surface area is 108 Å². The molecule has 2 fully saturated rings. The lowest BCUT2D eigenvalue weighted by atomic mass is 9.99. The number of urea groups is 1. The number of nitrogens with one attached hydrogen (secondary N) is 1. The van der Waals surface area contributed by atoms with E-state index in [0.29, 0.717) is 17.9 Å². The summed E-state index contributed by atoms with van der Waals surface area (Å²) in [5.74, 6) is 1.94. The van der Waals surface area contributed by atoms with E-state index in [0.717, 1.165) is 11.4 Å². The van der Waals surface area contributed by atoms with Crippen molar-refractivity contribution >= 4 is 23.7 Å². The van der Waals surface area contributed by atoms with Gasteiger partial charge in [0.25, 0.3) is 5.91 Å². The van der Waals surface area contributed by atoms with Crippen molar-refractivity contribution in [1.82, 2.24) is 15.4 Å². The molecule has 2 saturated heterocycles. The minimum Gasteiger partial charge on any atom is -0.359 e. The number of imide groups is 1. The first kappa shape index (κ1) is 11.6. The van der Waals surface area contributed by atoms with Crippen LogP contribution in [0.5, 0.6) is 0 Å². The van der Waals surface area contributed by atoms with Crippen LogP contribution in [0.4, 0.5) is 4.79 Å². The zero-order chi connectivity index (χ0) is 12.8. The maximum absolute atomic E-state index is 12.3. The van der Waals surface area contributed by atoms with Crippen LogP contribution in [0, 0.1) is 6.92 Å². The van der Waals surface area contributed by atoms with Crippen LogP contribution in [0.15, 0.2) is 10.6 Å². The van der Waals surface area contributed by atoms with Gasteiger partial charge in [-0.15, -0.1) is 0 Å². The molecule has 3 amide bonds. The van der Waals surface area contributed by atoms with Gasteiger partial charge in [-0.25, -0.2) is 4.79 Å². The third-order valence-electron chi connectivity index (χ3n) is 3.26. The lowest BCUT2D eigenvalue weighted by molar-refractivity contribution is -0.131. The van der Waals surface area contributed by atoms with Crippen LogP contribution in [0.1, 0.15) is 17.9 Å². The summed E-state index contributed by atoms with van der Waals surface area (Å²) in [6.45, 7) is 1.95. The SMILES string of the molecule is Cc1cc(CN2C(=O)N[C@@]3(CCSC3)C2=O)on1. The quantitative estimate of drug-likeness (QED) is 0.806. The van der Waals surface area contributed by atoms with Crippen molar-refractivity contribution in [3.05, 3.63) is 17.5 Å². The van der Waals surface area contributed by atoms with Gasteiger partial charge < -0.3 is 9.84 Å². The summed E-state index contributed by atoms with van der Waals surface area (Å²) in [4.78, 5) is 25.4. The number of rotatable bonds is 2. The first-order valence-corrected chi connectivity index (χ1v) is 6.90. The molecule has 2 aliphatic heterocycles. The monoisotopic (exact) mass is 267 g/mol. The first-order chi connectivity index (χ1) is 8.61. The van der Waals surface area contributed by atoms with Crippen molar-refractivity contribution in [3.63, 3.8) is 0 Å². The Bertz CT molecular complexity index is 507. The Kier molecular flexibility index (Phi) is 2.58. The second-order valence-electron chi connectivity index (χ2n) is 4.64. The van der Waals surface area contributed by atoms with Crippen molar-refractivity contribution in [1.29, 1.82) is 0 Å². The van der Waals surface area contributed by atoms with Gasteiger partial charge in [0.05, 0.1) is 12.2 Å². The average Bonchev–Trinajstić information content (AvgIpc) is 2.99. The Hall–Kier alpha value is -1.50. The van der Waals surface area contributed by atoms with Gasteiger partial charge in [-0.2, -0.15) is 11.8 Å². The summed E-state index contributed by atoms with van der Waals surface area (Å²) in [7, 11) is 0. The topological polar surface area (TPSA) is 75.4 Å². The molecule has 1 aromatic heterocycles. The number of carbonyl (C=O) groups excluding carboxylic acids is 2. The van der Waals surface area contributed by atoms with Crippen molar-refractivity contribution in [2.75, 3.05) is 11.5 Å². The third-order valence-corrected chi connectivity index (χ3v) is 4.45. The molecule has 7 heteroatoms. The molecule has 18 heavy (non-hydrogen) atoms. The van der Waals surface area contributed by atoms with E-state index in [9.17, 15) is 9.59 Å². The van der Waals surface area contributed by atoms with E-state index in [1.807, 2.05) is 0 Å². The highest BCUT2D eigenvalue weighted by Gasteiger charge is 2.52. The van der Waals surface area contributed by atoms with Crippen LogP contribution in [-0.4, -0.2) is 39.0 Å². The number of aryl methyl sites for hydroxylation is 1. The number of hydrogen-bond donors (Lipinski definition) is 1. The molecule has 1 atom stereocenters. The summed E-state index contributed by atoms with van der Waals surface area (Å²) in [5.41, 5.74) is 0.0553. The van der Waals surface area contributed by atoms with Gasteiger partial charge in [0.1, 0.15) is 5.54 Å². The number of amides is 3. The van der Waals surface area contributed by atoms with Crippen molar-refractivity contribution in [2.24, 2.45) is 0 Å². The summed E-state index contributed by atoms with van der Waals surface area (Å²) in [6, 6.07) is 1.39. The molecule has 1 spiro atoms. The number of aromatic nitrogens is 1. The van der Waals surface area contributed by atoms with Crippen molar-refractivity contribution < 1.29 is 14.1 Å². The maximum Gasteiger partial charge on any atom is 0.325 e. The largest absolute Gasteiger partial charge is 0.359 e. The second-order valence-corrected chi connectivity index (χ2v) is 5.75. The Morgan fingerprint density at radius 1 is 1.61 bits per heavy atom. The number of carbonyl (C=O) groups is 2. The van der Waals surface area contributed by atoms with E-state index in [4.69, 9.17) is 4.52 Å². The summed E-state index contributed by atoms with van der Waals surface area (Å²) in [5, 5.41) is 6.56. The molecule has 2 aliphatic rings. The molecule has 6 nitrogen and oxygen atoms in total. The second kappa shape index (κ2) is 4.01. The Balaban J connectivity index is 1.80. The van der Waals surface area contributed by atoms with Gasteiger partial charge in [-0.05, 0) is 19.1 Å². The lowest BCUT2D eigenvalue weighted by Gasteiger charge is -2.18. The predicted molar refractivity (Wildman–Crippen MR) is 65.0 cm³/mol. The molecule has 3 heterocycles. The van der Waals surface area contributed by atoms with Gasteiger partial charge in [0.2, 0.25) is 0 Å². The minimum absolute atomic E-state index is 0.147. The van der Waals surface area contributed by atoms with Crippen LogP contribution in [-0.2, 0) is 11.3 Å². The highest BCUT2D eigenvalue weighted by molar-refractivity contribution is 7.99. The van der Waals surface area contributed by atoms with Crippen LogP contribution in [0.3, 0.4) is 0 Å². The van der Waals surface area contributed by atoms with Crippen LogP contribution in [0.25, 0.3) is 0 Å². The fourth-order valence-electron chi connectivity index (χ4n) is 2.30. The van der Waals surface area contributed by atoms with Gasteiger partial charge in [0.15, 0.2) is 5.76 Å². The summed E-state index contributed by atoms with van der Waals surface area (Å²) in [6.07, 6.45) is 0.703. The molecule has 0 aromatic carbocycles. The van der Waals surface area contributed by atoms with E-state index in [-0.39, 0.29) is 18.5 Å². The molecule has 96 valence electrons. The Morgan fingerprint density at radius 3 is 3.06 bits per heavy atom. The molecular formula is C11H13N3O3S. The molecule has 3 rings (SSSR count). The van der Waals surface area contributed by atoms with Gasteiger partial charge in [-0.1, -0.05) is 5.16 Å². The average molecular weight is 267 g/mol. The number of nitrogens with zero attached hydrogens (tertiary/aromatic N) is 2. The minimum atomic E-state index is -0.684. The van der Waals surface area contributed by atoms with E-state index in [1.54, 1.807) is 24.8 Å². The molecule has 0 bridgehead atoms. The fourth-order valence-corrected chi connectivity index (χ4v) is 3.62. The highest BCUT2D eigenvalue weighted by atomic mass is 32.2. The Morgan fingerprint density at radius 2 is 2.44 bits per heavy atom. The number of hydrogen-bond acceptors (Lipinski definition) is 5. The van der Waals surface area contributed by atoms with E-state index in [1.165, 1.54) is 4.90 Å². The van der Waals surface area contributed by atoms with E-state index in [2.05, 4.69) is 10.5 Å². The third kappa shape index (κ3) is 1.69. The fraction of sp³-hybridized carbons (Fsp3) is 0.545. The van der Waals surface area contributed by atoms with Gasteiger partial charge >= 0.3 is 6.03 Å². The molecule has 0 saturated carbocycles. The molecular weight excluding hydrogens is 254 g/mol. The summed E-state index contributed by atoms with van der Waals surface area (Å²) >= 11 is 1.69. The first-order valence-electron chi connectivity index (χ1n) is 5.75. The van der Waals surface area contributed by atoms with Crippen LogP contribution in [0.2, 0.25) is 0 Å². The van der Waals surface area contributed by atoms with Gasteiger partial charge in [-0.3, -0.25) is 9.69 Å². The zero-order valence-electron chi connectivity index (χ0n) is 9.93. The lowest BCUT2D eigenvalue weighted by Crippen LogP contribution is -2.46. The van der Waals surface area contributed by atoms with Crippen LogP contribution < -0.4 is 5.32 Å². The van der Waals surface area contributed by atoms with E-state index >= 15 is 0 Å². The number of thioether (sulfide) groups is 1. The summed E-state index contributed by atoms with van der Waals surface area (Å²) < 4.78 is 5.04. The van der Waals surface area contributed by atoms with Gasteiger partial charge in [0, 0.05) is 11.8 Å². The van der Waals surface area contributed by atoms with Crippen LogP contribution >= 0.6 is 11.8 Å². The highest BCUT2D eigenvalue weighted by Crippen LogP contribution is 2.33. The smallest absolute Gasteiger partial charge is 0.325 e. The normalized spacial score (nSPS) is 27.3.